The van der Waals surface area contributed by atoms with E-state index in [2.05, 4.69) is 5.32 Å². The number of hydrogen-bond acceptors (Lipinski definition) is 5. The van der Waals surface area contributed by atoms with Crippen molar-refractivity contribution in [3.63, 3.8) is 0 Å². The number of rotatable bonds is 7. The molecule has 4 N–H and O–H groups in total. The van der Waals surface area contributed by atoms with E-state index in [0.29, 0.717) is 42.4 Å². The lowest BCUT2D eigenvalue weighted by atomic mass is 10.1. The summed E-state index contributed by atoms with van der Waals surface area (Å²) in [6.07, 6.45) is 2.29. The van der Waals surface area contributed by atoms with Gasteiger partial charge in [0.15, 0.2) is 0 Å². The van der Waals surface area contributed by atoms with Crippen LogP contribution in [0.15, 0.2) is 48.2 Å². The highest BCUT2D eigenvalue weighted by Gasteiger charge is 2.13. The van der Waals surface area contributed by atoms with Gasteiger partial charge < -0.3 is 21.1 Å². The van der Waals surface area contributed by atoms with Crippen molar-refractivity contribution in [2.75, 3.05) is 18.4 Å². The van der Waals surface area contributed by atoms with Gasteiger partial charge in [0.05, 0.1) is 0 Å². The van der Waals surface area contributed by atoms with Crippen LogP contribution < -0.4 is 11.1 Å². The Kier molecular flexibility index (Phi) is 6.09. The molecule has 0 spiro atoms. The molecule has 2 amide bonds. The maximum atomic E-state index is 12.4. The number of anilines is 1. The summed E-state index contributed by atoms with van der Waals surface area (Å²) in [7, 11) is 0. The van der Waals surface area contributed by atoms with Crippen LogP contribution in [0, 0.1) is 11.3 Å². The Morgan fingerprint density at radius 3 is 2.68 bits per heavy atom. The quantitative estimate of drug-likeness (QED) is 0.403. The molecule has 0 bridgehead atoms. The zero-order valence-corrected chi connectivity index (χ0v) is 13.5. The van der Waals surface area contributed by atoms with Gasteiger partial charge in [-0.2, -0.15) is 5.26 Å². The first-order valence-electron chi connectivity index (χ1n) is 7.65. The van der Waals surface area contributed by atoms with Crippen molar-refractivity contribution in [1.82, 2.24) is 4.90 Å². The summed E-state index contributed by atoms with van der Waals surface area (Å²) in [5, 5.41) is 23.0. The third-order valence-corrected chi connectivity index (χ3v) is 3.56. The number of fused-ring (bicyclic) bond motifs is 1. The highest BCUT2D eigenvalue weighted by molar-refractivity contribution is 6.11. The van der Waals surface area contributed by atoms with Crippen molar-refractivity contribution >= 4 is 28.8 Å². The summed E-state index contributed by atoms with van der Waals surface area (Å²) < 4.78 is 0. The van der Waals surface area contributed by atoms with Crippen molar-refractivity contribution in [3.8, 4) is 11.8 Å². The Hall–Kier alpha value is -3.37. The van der Waals surface area contributed by atoms with E-state index in [0.717, 1.165) is 0 Å². The Morgan fingerprint density at radius 2 is 2.00 bits per heavy atom. The Labute approximate surface area is 145 Å². The van der Waals surface area contributed by atoms with E-state index in [1.165, 1.54) is 11.1 Å². The zero-order chi connectivity index (χ0) is 18.2. The van der Waals surface area contributed by atoms with Gasteiger partial charge >= 0.3 is 0 Å². The number of phenols is 1. The SMILES string of the molecule is N#C/C(=C/N(C=O)CCCN)C(=O)Nc1cccc2c(O)cccc12. The fourth-order valence-electron chi connectivity index (χ4n) is 2.32. The molecular formula is C18H18N4O3. The van der Waals surface area contributed by atoms with Crippen LogP contribution in [0.25, 0.3) is 10.8 Å². The van der Waals surface area contributed by atoms with Crippen molar-refractivity contribution in [2.24, 2.45) is 5.73 Å². The largest absolute Gasteiger partial charge is 0.507 e. The number of phenolic OH excluding ortho intramolecular Hbond substituents is 1. The third-order valence-electron chi connectivity index (χ3n) is 3.56. The van der Waals surface area contributed by atoms with Gasteiger partial charge in [-0.1, -0.05) is 24.3 Å². The first-order chi connectivity index (χ1) is 12.1. The highest BCUT2D eigenvalue weighted by Crippen LogP contribution is 2.29. The molecule has 0 aliphatic rings. The van der Waals surface area contributed by atoms with Crippen LogP contribution in [0.2, 0.25) is 0 Å². The molecule has 2 aromatic carbocycles. The van der Waals surface area contributed by atoms with E-state index in [4.69, 9.17) is 5.73 Å². The normalized spacial score (nSPS) is 11.0. The molecule has 128 valence electrons. The topological polar surface area (TPSA) is 119 Å². The minimum atomic E-state index is -0.641. The predicted molar refractivity (Wildman–Crippen MR) is 94.4 cm³/mol. The number of benzene rings is 2. The van der Waals surface area contributed by atoms with Crippen LogP contribution in [-0.4, -0.2) is 35.4 Å². The van der Waals surface area contributed by atoms with Gasteiger partial charge in [-0.3, -0.25) is 9.59 Å². The Balaban J connectivity index is 2.27. The average molecular weight is 338 g/mol. The lowest BCUT2D eigenvalue weighted by Gasteiger charge is -2.13. The third kappa shape index (κ3) is 4.34. The molecule has 0 aliphatic carbocycles. The Morgan fingerprint density at radius 1 is 1.28 bits per heavy atom. The van der Waals surface area contributed by atoms with Gasteiger partial charge in [0.1, 0.15) is 17.4 Å². The lowest BCUT2D eigenvalue weighted by Crippen LogP contribution is -2.22. The second-order valence-electron chi connectivity index (χ2n) is 5.27. The number of nitrogens with two attached hydrogens (primary N) is 1. The molecule has 0 saturated carbocycles. The molecule has 7 nitrogen and oxygen atoms in total. The van der Waals surface area contributed by atoms with E-state index in [9.17, 15) is 20.0 Å². The number of amides is 2. The van der Waals surface area contributed by atoms with Crippen LogP contribution in [0.3, 0.4) is 0 Å². The number of hydrogen-bond donors (Lipinski definition) is 3. The molecule has 0 aliphatic heterocycles. The number of carbonyl (C=O) groups is 2. The van der Waals surface area contributed by atoms with Gasteiger partial charge in [0.2, 0.25) is 6.41 Å². The molecule has 0 aromatic heterocycles. The van der Waals surface area contributed by atoms with Crippen LogP contribution in [0.1, 0.15) is 6.42 Å². The van der Waals surface area contributed by atoms with E-state index < -0.39 is 5.91 Å². The molecule has 0 unspecified atom stereocenters. The van der Waals surface area contributed by atoms with Gasteiger partial charge in [-0.15, -0.1) is 0 Å². The monoisotopic (exact) mass is 338 g/mol. The van der Waals surface area contributed by atoms with E-state index >= 15 is 0 Å². The zero-order valence-electron chi connectivity index (χ0n) is 13.5. The van der Waals surface area contributed by atoms with Gasteiger partial charge in [-0.25, -0.2) is 0 Å². The number of nitrogens with one attached hydrogen (secondary N) is 1. The van der Waals surface area contributed by atoms with Gasteiger partial charge in [0, 0.05) is 29.2 Å². The first kappa shape index (κ1) is 18.0. The summed E-state index contributed by atoms with van der Waals surface area (Å²) in [5.41, 5.74) is 5.64. The lowest BCUT2D eigenvalue weighted by molar-refractivity contribution is -0.116. The second kappa shape index (κ2) is 8.47. The molecule has 0 atom stereocenters. The summed E-state index contributed by atoms with van der Waals surface area (Å²) in [4.78, 5) is 24.6. The maximum absolute atomic E-state index is 12.4. The minimum Gasteiger partial charge on any atom is -0.507 e. The minimum absolute atomic E-state index is 0.0959. The Bertz CT molecular complexity index is 855. The molecule has 2 rings (SSSR count). The van der Waals surface area contributed by atoms with Crippen molar-refractivity contribution in [2.45, 2.75) is 6.42 Å². The molecular weight excluding hydrogens is 320 g/mol. The molecule has 2 aromatic rings. The molecule has 0 saturated heterocycles. The fraction of sp³-hybridized carbons (Fsp3) is 0.167. The van der Waals surface area contributed by atoms with E-state index in [-0.39, 0.29) is 11.3 Å². The standard InChI is InChI=1S/C18H18N4O3/c19-8-3-9-22(12-23)11-13(10-20)18(25)21-16-6-1-5-15-14(16)4-2-7-17(15)24/h1-2,4-7,11-12,24H,3,8-9,19H2,(H,21,25)/b13-11-. The van der Waals surface area contributed by atoms with Gasteiger partial charge in [-0.05, 0) is 25.1 Å². The smallest absolute Gasteiger partial charge is 0.267 e. The second-order valence-corrected chi connectivity index (χ2v) is 5.27. The first-order valence-corrected chi connectivity index (χ1v) is 7.65. The highest BCUT2D eigenvalue weighted by atomic mass is 16.3. The van der Waals surface area contributed by atoms with Crippen LogP contribution in [0.5, 0.6) is 5.75 Å². The molecule has 25 heavy (non-hydrogen) atoms. The molecule has 0 fully saturated rings. The van der Waals surface area contributed by atoms with E-state index in [1.807, 2.05) is 0 Å². The summed E-state index contributed by atoms with van der Waals surface area (Å²) in [6.45, 7) is 0.715. The van der Waals surface area contributed by atoms with Crippen molar-refractivity contribution < 1.29 is 14.7 Å². The molecule has 7 heteroatoms. The number of nitrogens with zero attached hydrogens (tertiary/aromatic N) is 2. The summed E-state index contributed by atoms with van der Waals surface area (Å²) >= 11 is 0. The van der Waals surface area contributed by atoms with Crippen LogP contribution >= 0.6 is 0 Å². The predicted octanol–water partition coefficient (Wildman–Crippen LogP) is 1.70. The summed E-state index contributed by atoms with van der Waals surface area (Å²) in [6, 6.07) is 11.8. The van der Waals surface area contributed by atoms with Crippen molar-refractivity contribution in [3.05, 3.63) is 48.2 Å². The van der Waals surface area contributed by atoms with Crippen LogP contribution in [-0.2, 0) is 9.59 Å². The fourth-order valence-corrected chi connectivity index (χ4v) is 2.32. The average Bonchev–Trinajstić information content (AvgIpc) is 2.63. The maximum Gasteiger partial charge on any atom is 0.267 e. The van der Waals surface area contributed by atoms with Crippen LogP contribution in [0.4, 0.5) is 5.69 Å². The number of carbonyl (C=O) groups excluding carboxylic acids is 2. The molecule has 0 heterocycles. The summed E-state index contributed by atoms with van der Waals surface area (Å²) in [5.74, 6) is -0.545. The van der Waals surface area contributed by atoms with Gasteiger partial charge in [0.25, 0.3) is 5.91 Å². The number of aromatic hydroxyl groups is 1. The number of nitriles is 1. The molecule has 0 radical (unpaired) electrons. The van der Waals surface area contributed by atoms with Crippen molar-refractivity contribution in [1.29, 1.82) is 5.26 Å². The van der Waals surface area contributed by atoms with E-state index in [1.54, 1.807) is 42.5 Å².